The summed E-state index contributed by atoms with van der Waals surface area (Å²) in [5, 5.41) is 1.05. The molecule has 4 rings (SSSR count). The zero-order valence-corrected chi connectivity index (χ0v) is 17.5. The Bertz CT molecular complexity index is 1130. The van der Waals surface area contributed by atoms with Crippen LogP contribution < -0.4 is 15.4 Å². The topological polar surface area (TPSA) is 68.4 Å². The summed E-state index contributed by atoms with van der Waals surface area (Å²) in [4.78, 5) is 19.5. The molecule has 29 heavy (non-hydrogen) atoms. The van der Waals surface area contributed by atoms with Crippen LogP contribution in [0.1, 0.15) is 27.3 Å². The highest BCUT2D eigenvalue weighted by Gasteiger charge is 2.34. The molecule has 1 aromatic heterocycles. The van der Waals surface area contributed by atoms with Crippen LogP contribution in [0.2, 0.25) is 10.0 Å². The van der Waals surface area contributed by atoms with Gasteiger partial charge < -0.3 is 15.4 Å². The number of halogens is 2. The smallest absolute Gasteiger partial charge is 0.277 e. The molecule has 2 N–H and O–H groups in total. The second-order valence-electron chi connectivity index (χ2n) is 6.80. The molecule has 0 unspecified atom stereocenters. The van der Waals surface area contributed by atoms with Gasteiger partial charge in [-0.3, -0.25) is 4.79 Å². The van der Waals surface area contributed by atoms with E-state index in [1.54, 1.807) is 24.1 Å². The fourth-order valence-electron chi connectivity index (χ4n) is 3.73. The lowest BCUT2D eigenvalue weighted by Gasteiger charge is -2.18. The molecule has 0 fully saturated rings. The SMILES string of the molecule is COc1cccc(N2Cc3c(nc(C)c(CN)c3-c3ccc(Cl)cc3Cl)C2=O)c1. The van der Waals surface area contributed by atoms with Crippen molar-refractivity contribution in [1.29, 1.82) is 0 Å². The van der Waals surface area contributed by atoms with Gasteiger partial charge >= 0.3 is 0 Å². The molecule has 5 nitrogen and oxygen atoms in total. The van der Waals surface area contributed by atoms with Crippen LogP contribution in [0, 0.1) is 6.92 Å². The maximum Gasteiger partial charge on any atom is 0.277 e. The third kappa shape index (κ3) is 3.35. The van der Waals surface area contributed by atoms with Crippen LogP contribution in [0.5, 0.6) is 5.75 Å². The number of rotatable bonds is 4. The van der Waals surface area contributed by atoms with Crippen molar-refractivity contribution in [2.75, 3.05) is 12.0 Å². The summed E-state index contributed by atoms with van der Waals surface area (Å²) >= 11 is 12.6. The zero-order valence-electron chi connectivity index (χ0n) is 16.0. The van der Waals surface area contributed by atoms with E-state index < -0.39 is 0 Å². The number of nitrogens with zero attached hydrogens (tertiary/aromatic N) is 2. The number of carbonyl (C=O) groups is 1. The predicted molar refractivity (Wildman–Crippen MR) is 116 cm³/mol. The highest BCUT2D eigenvalue weighted by atomic mass is 35.5. The van der Waals surface area contributed by atoms with E-state index in [1.165, 1.54) is 0 Å². The Hall–Kier alpha value is -2.60. The highest BCUT2D eigenvalue weighted by molar-refractivity contribution is 6.36. The van der Waals surface area contributed by atoms with E-state index in [2.05, 4.69) is 4.98 Å². The number of hydrogen-bond acceptors (Lipinski definition) is 4. The Labute approximate surface area is 179 Å². The van der Waals surface area contributed by atoms with Crippen LogP contribution in [0.4, 0.5) is 5.69 Å². The molecule has 7 heteroatoms. The molecule has 2 aromatic carbocycles. The minimum Gasteiger partial charge on any atom is -0.497 e. The number of pyridine rings is 1. The Morgan fingerprint density at radius 2 is 2.00 bits per heavy atom. The van der Waals surface area contributed by atoms with E-state index in [0.29, 0.717) is 33.7 Å². The summed E-state index contributed by atoms with van der Waals surface area (Å²) in [6.45, 7) is 2.51. The number of amides is 1. The second kappa shape index (κ2) is 7.67. The van der Waals surface area contributed by atoms with Crippen molar-refractivity contribution >= 4 is 34.8 Å². The summed E-state index contributed by atoms with van der Waals surface area (Å²) in [6.07, 6.45) is 0. The summed E-state index contributed by atoms with van der Waals surface area (Å²) < 4.78 is 5.30. The van der Waals surface area contributed by atoms with Crippen molar-refractivity contribution in [3.63, 3.8) is 0 Å². The van der Waals surface area contributed by atoms with Crippen molar-refractivity contribution in [3.05, 3.63) is 75.0 Å². The molecule has 1 amide bonds. The summed E-state index contributed by atoms with van der Waals surface area (Å²) in [5.74, 6) is 0.519. The maximum atomic E-state index is 13.2. The number of ether oxygens (including phenoxy) is 1. The van der Waals surface area contributed by atoms with Gasteiger partial charge in [0.1, 0.15) is 11.4 Å². The largest absolute Gasteiger partial charge is 0.497 e. The monoisotopic (exact) mass is 427 g/mol. The first kappa shape index (κ1) is 19.7. The van der Waals surface area contributed by atoms with Gasteiger partial charge in [-0.2, -0.15) is 0 Å². The lowest BCUT2D eigenvalue weighted by atomic mass is 9.93. The van der Waals surface area contributed by atoms with Crippen LogP contribution in [0.3, 0.4) is 0 Å². The van der Waals surface area contributed by atoms with Gasteiger partial charge in [-0.05, 0) is 42.3 Å². The van der Waals surface area contributed by atoms with Crippen LogP contribution in [-0.2, 0) is 13.1 Å². The number of aryl methyl sites for hydroxylation is 1. The summed E-state index contributed by atoms with van der Waals surface area (Å²) in [7, 11) is 1.60. The van der Waals surface area contributed by atoms with Crippen molar-refractivity contribution in [2.24, 2.45) is 5.73 Å². The van der Waals surface area contributed by atoms with Crippen LogP contribution in [0.15, 0.2) is 42.5 Å². The molecule has 1 aliphatic rings. The quantitative estimate of drug-likeness (QED) is 0.636. The average Bonchev–Trinajstić information content (AvgIpc) is 3.03. The number of aromatic nitrogens is 1. The molecule has 0 aliphatic carbocycles. The van der Waals surface area contributed by atoms with Gasteiger partial charge in [0.2, 0.25) is 0 Å². The average molecular weight is 428 g/mol. The molecule has 3 aromatic rings. The van der Waals surface area contributed by atoms with Gasteiger partial charge in [-0.15, -0.1) is 0 Å². The molecule has 148 valence electrons. The first-order valence-corrected chi connectivity index (χ1v) is 9.84. The minimum atomic E-state index is -0.161. The molecule has 0 radical (unpaired) electrons. The molecule has 2 heterocycles. The number of hydrogen-bond donors (Lipinski definition) is 1. The highest BCUT2D eigenvalue weighted by Crippen LogP contribution is 2.41. The maximum absolute atomic E-state index is 13.2. The normalized spacial score (nSPS) is 13.0. The zero-order chi connectivity index (χ0) is 20.7. The molecule has 0 spiro atoms. The van der Waals surface area contributed by atoms with Crippen LogP contribution in [0.25, 0.3) is 11.1 Å². The van der Waals surface area contributed by atoms with Gasteiger partial charge in [0.15, 0.2) is 0 Å². The Kier molecular flexibility index (Phi) is 5.21. The molecular weight excluding hydrogens is 409 g/mol. The van der Waals surface area contributed by atoms with E-state index in [0.717, 1.165) is 27.9 Å². The third-order valence-corrected chi connectivity index (χ3v) is 5.69. The van der Waals surface area contributed by atoms with Crippen molar-refractivity contribution in [3.8, 4) is 16.9 Å². The lowest BCUT2D eigenvalue weighted by molar-refractivity contribution is 0.0992. The molecule has 0 saturated carbocycles. The van der Waals surface area contributed by atoms with E-state index in [9.17, 15) is 4.79 Å². The number of benzene rings is 2. The van der Waals surface area contributed by atoms with Crippen molar-refractivity contribution in [2.45, 2.75) is 20.0 Å². The number of anilines is 1. The molecule has 0 bridgehead atoms. The van der Waals surface area contributed by atoms with Crippen molar-refractivity contribution < 1.29 is 9.53 Å². The number of methoxy groups -OCH3 is 1. The fourth-order valence-corrected chi connectivity index (χ4v) is 4.23. The summed E-state index contributed by atoms with van der Waals surface area (Å²) in [6, 6.07) is 12.7. The second-order valence-corrected chi connectivity index (χ2v) is 7.64. The van der Waals surface area contributed by atoms with Gasteiger partial charge in [0.25, 0.3) is 5.91 Å². The third-order valence-electron chi connectivity index (χ3n) is 5.14. The van der Waals surface area contributed by atoms with Crippen LogP contribution >= 0.6 is 23.2 Å². The first-order chi connectivity index (χ1) is 13.9. The summed E-state index contributed by atoms with van der Waals surface area (Å²) in [5.41, 5.74) is 11.3. The molecule has 0 atom stereocenters. The van der Waals surface area contributed by atoms with E-state index in [-0.39, 0.29) is 12.5 Å². The predicted octanol–water partition coefficient (Wildman–Crippen LogP) is 4.99. The molecule has 1 aliphatic heterocycles. The minimum absolute atomic E-state index is 0.161. The lowest BCUT2D eigenvalue weighted by Crippen LogP contribution is -2.23. The Morgan fingerprint density at radius 3 is 2.69 bits per heavy atom. The standard InChI is InChI=1S/C22H19Cl2N3O2/c1-12-17(10-25)20(16-7-6-13(23)8-19(16)24)18-11-27(22(28)21(18)26-12)14-4-3-5-15(9-14)29-2/h3-9H,10-11,25H2,1-2H3. The Balaban J connectivity index is 1.91. The van der Waals surface area contributed by atoms with E-state index in [4.69, 9.17) is 33.7 Å². The number of nitrogens with two attached hydrogens (primary N) is 1. The van der Waals surface area contributed by atoms with Crippen LogP contribution in [-0.4, -0.2) is 18.0 Å². The van der Waals surface area contributed by atoms with E-state index in [1.807, 2.05) is 37.3 Å². The molecule has 0 saturated heterocycles. The van der Waals surface area contributed by atoms with Crippen molar-refractivity contribution in [1.82, 2.24) is 4.98 Å². The molecular formula is C22H19Cl2N3O2. The number of carbonyl (C=O) groups excluding carboxylic acids is 1. The van der Waals surface area contributed by atoms with Gasteiger partial charge in [0, 0.05) is 45.2 Å². The van der Waals surface area contributed by atoms with Gasteiger partial charge in [-0.1, -0.05) is 35.3 Å². The van der Waals surface area contributed by atoms with Gasteiger partial charge in [-0.25, -0.2) is 4.98 Å². The van der Waals surface area contributed by atoms with Gasteiger partial charge in [0.05, 0.1) is 13.7 Å². The Morgan fingerprint density at radius 1 is 1.21 bits per heavy atom. The van der Waals surface area contributed by atoms with E-state index >= 15 is 0 Å². The first-order valence-electron chi connectivity index (χ1n) is 9.08. The fraction of sp³-hybridized carbons (Fsp3) is 0.182. The number of fused-ring (bicyclic) bond motifs is 1.